The molecule has 0 bridgehead atoms. The number of hydrogen-bond donors (Lipinski definition) is 2. The Morgan fingerprint density at radius 3 is 2.94 bits per heavy atom. The largest absolute Gasteiger partial charge is 0.396 e. The van der Waals surface area contributed by atoms with Gasteiger partial charge in [0.15, 0.2) is 0 Å². The van der Waals surface area contributed by atoms with E-state index >= 15 is 0 Å². The molecule has 1 aromatic rings. The highest BCUT2D eigenvalue weighted by Crippen LogP contribution is 2.26. The number of nitrogens with two attached hydrogens (primary N) is 1. The third-order valence-corrected chi connectivity index (χ3v) is 3.52. The predicted octanol–water partition coefficient (Wildman–Crippen LogP) is 3.04. The monoisotopic (exact) mass is 219 g/mol. The Bertz CT molecular complexity index is 338. The van der Waals surface area contributed by atoms with Crippen LogP contribution >= 0.6 is 0 Å². The normalized spacial score (nSPS) is 26.1. The van der Waals surface area contributed by atoms with Crippen LogP contribution in [0.3, 0.4) is 0 Å². The molecule has 88 valence electrons. The third kappa shape index (κ3) is 2.65. The lowest BCUT2D eigenvalue weighted by Gasteiger charge is -2.23. The van der Waals surface area contributed by atoms with E-state index in [0.29, 0.717) is 12.0 Å². The summed E-state index contributed by atoms with van der Waals surface area (Å²) in [6, 6.07) is 4.30. The van der Waals surface area contributed by atoms with Crippen molar-refractivity contribution in [1.82, 2.24) is 4.98 Å². The van der Waals surface area contributed by atoms with Crippen LogP contribution in [0.1, 0.15) is 39.0 Å². The van der Waals surface area contributed by atoms with Gasteiger partial charge in [-0.25, -0.2) is 4.98 Å². The number of nitrogens with one attached hydrogen (secondary N) is 1. The molecule has 0 aliphatic heterocycles. The maximum absolute atomic E-state index is 5.90. The molecule has 3 nitrogen and oxygen atoms in total. The summed E-state index contributed by atoms with van der Waals surface area (Å²) >= 11 is 0. The van der Waals surface area contributed by atoms with Gasteiger partial charge in [-0.2, -0.15) is 0 Å². The van der Waals surface area contributed by atoms with Crippen LogP contribution < -0.4 is 11.1 Å². The summed E-state index contributed by atoms with van der Waals surface area (Å²) < 4.78 is 0. The fraction of sp³-hybridized carbons (Fsp3) is 0.615. The van der Waals surface area contributed by atoms with Crippen molar-refractivity contribution in [2.75, 3.05) is 11.1 Å². The van der Waals surface area contributed by atoms with E-state index in [1.54, 1.807) is 6.20 Å². The van der Waals surface area contributed by atoms with Gasteiger partial charge >= 0.3 is 0 Å². The average Bonchev–Trinajstić information content (AvgIpc) is 2.48. The Labute approximate surface area is 97.5 Å². The highest BCUT2D eigenvalue weighted by Gasteiger charge is 2.20. The molecule has 16 heavy (non-hydrogen) atoms. The molecule has 1 aromatic heterocycles. The van der Waals surface area contributed by atoms with Crippen molar-refractivity contribution in [3.63, 3.8) is 0 Å². The molecule has 0 saturated heterocycles. The molecule has 2 atom stereocenters. The van der Waals surface area contributed by atoms with Gasteiger partial charge in [-0.3, -0.25) is 0 Å². The second-order valence-electron chi connectivity index (χ2n) is 4.81. The molecule has 1 aliphatic rings. The van der Waals surface area contributed by atoms with Gasteiger partial charge < -0.3 is 11.1 Å². The van der Waals surface area contributed by atoms with Crippen LogP contribution in [0.5, 0.6) is 0 Å². The highest BCUT2D eigenvalue weighted by atomic mass is 15.0. The Morgan fingerprint density at radius 2 is 2.12 bits per heavy atom. The van der Waals surface area contributed by atoms with Crippen molar-refractivity contribution in [2.24, 2.45) is 5.92 Å². The van der Waals surface area contributed by atoms with Crippen molar-refractivity contribution >= 4 is 11.5 Å². The average molecular weight is 219 g/mol. The summed E-state index contributed by atoms with van der Waals surface area (Å²) in [6.07, 6.45) is 8.37. The molecule has 3 heteroatoms. The first-order chi connectivity index (χ1) is 7.77. The lowest BCUT2D eigenvalue weighted by molar-refractivity contribution is 0.456. The van der Waals surface area contributed by atoms with Gasteiger partial charge in [0.2, 0.25) is 0 Å². The van der Waals surface area contributed by atoms with Crippen molar-refractivity contribution in [3.8, 4) is 0 Å². The minimum Gasteiger partial charge on any atom is -0.396 e. The maximum Gasteiger partial charge on any atom is 0.149 e. The van der Waals surface area contributed by atoms with Crippen LogP contribution in [0.2, 0.25) is 0 Å². The van der Waals surface area contributed by atoms with Gasteiger partial charge in [0.05, 0.1) is 5.69 Å². The standard InChI is InChI=1S/C13H21N3/c1-10-6-3-2-4-8-12(10)16-13-11(14)7-5-9-15-13/h5,7,9-10,12H,2-4,6,8,14H2,1H3,(H,15,16). The van der Waals surface area contributed by atoms with Gasteiger partial charge in [0.25, 0.3) is 0 Å². The van der Waals surface area contributed by atoms with Gasteiger partial charge in [0.1, 0.15) is 5.82 Å². The first-order valence-corrected chi connectivity index (χ1v) is 6.24. The second kappa shape index (κ2) is 5.19. The summed E-state index contributed by atoms with van der Waals surface area (Å²) in [6.45, 7) is 2.32. The summed E-state index contributed by atoms with van der Waals surface area (Å²) in [7, 11) is 0. The van der Waals surface area contributed by atoms with Crippen molar-refractivity contribution in [1.29, 1.82) is 0 Å². The first kappa shape index (κ1) is 11.2. The molecule has 3 N–H and O–H groups in total. The van der Waals surface area contributed by atoms with E-state index in [-0.39, 0.29) is 0 Å². The molecule has 0 spiro atoms. The lowest BCUT2D eigenvalue weighted by atomic mass is 9.97. The van der Waals surface area contributed by atoms with Crippen LogP contribution in [-0.4, -0.2) is 11.0 Å². The van der Waals surface area contributed by atoms with Gasteiger partial charge in [-0.1, -0.05) is 26.2 Å². The molecule has 1 heterocycles. The van der Waals surface area contributed by atoms with Crippen molar-refractivity contribution in [3.05, 3.63) is 18.3 Å². The third-order valence-electron chi connectivity index (χ3n) is 3.52. The Hall–Kier alpha value is -1.25. The van der Waals surface area contributed by atoms with Crippen LogP contribution in [0.15, 0.2) is 18.3 Å². The number of aromatic nitrogens is 1. The van der Waals surface area contributed by atoms with E-state index in [9.17, 15) is 0 Å². The molecule has 0 amide bonds. The van der Waals surface area contributed by atoms with Gasteiger partial charge in [0, 0.05) is 12.2 Å². The topological polar surface area (TPSA) is 50.9 Å². The van der Waals surface area contributed by atoms with Crippen LogP contribution in [0, 0.1) is 5.92 Å². The fourth-order valence-corrected chi connectivity index (χ4v) is 2.42. The molecular formula is C13H21N3. The summed E-state index contributed by atoms with van der Waals surface area (Å²) in [4.78, 5) is 4.30. The molecule has 2 unspecified atom stereocenters. The van der Waals surface area contributed by atoms with Gasteiger partial charge in [-0.15, -0.1) is 0 Å². The number of nitrogen functional groups attached to an aromatic ring is 1. The number of pyridine rings is 1. The van der Waals surface area contributed by atoms with Crippen molar-refractivity contribution in [2.45, 2.75) is 45.1 Å². The van der Waals surface area contributed by atoms with Gasteiger partial charge in [-0.05, 0) is 30.9 Å². The highest BCUT2D eigenvalue weighted by molar-refractivity contribution is 5.60. The molecule has 1 aliphatic carbocycles. The SMILES string of the molecule is CC1CCCCCC1Nc1ncccc1N. The number of nitrogens with zero attached hydrogens (tertiary/aromatic N) is 1. The molecule has 1 saturated carbocycles. The molecule has 0 aromatic carbocycles. The molecule has 1 fully saturated rings. The Balaban J connectivity index is 2.05. The van der Waals surface area contributed by atoms with Crippen LogP contribution in [0.25, 0.3) is 0 Å². The number of rotatable bonds is 2. The zero-order valence-corrected chi connectivity index (χ0v) is 9.95. The summed E-state index contributed by atoms with van der Waals surface area (Å²) in [5, 5.41) is 3.50. The summed E-state index contributed by atoms with van der Waals surface area (Å²) in [5.41, 5.74) is 6.65. The smallest absolute Gasteiger partial charge is 0.149 e. The molecular weight excluding hydrogens is 198 g/mol. The number of anilines is 2. The quantitative estimate of drug-likeness (QED) is 0.752. The molecule has 0 radical (unpaired) electrons. The minimum absolute atomic E-state index is 0.528. The van der Waals surface area contributed by atoms with Crippen LogP contribution in [-0.2, 0) is 0 Å². The minimum atomic E-state index is 0.528. The van der Waals surface area contributed by atoms with E-state index in [4.69, 9.17) is 5.73 Å². The Kier molecular flexibility index (Phi) is 3.65. The van der Waals surface area contributed by atoms with E-state index in [2.05, 4.69) is 17.2 Å². The predicted molar refractivity (Wildman–Crippen MR) is 68.3 cm³/mol. The van der Waals surface area contributed by atoms with E-state index in [1.165, 1.54) is 32.1 Å². The fourth-order valence-electron chi connectivity index (χ4n) is 2.42. The lowest BCUT2D eigenvalue weighted by Crippen LogP contribution is -2.27. The Morgan fingerprint density at radius 1 is 1.31 bits per heavy atom. The maximum atomic E-state index is 5.90. The summed E-state index contributed by atoms with van der Waals surface area (Å²) in [5.74, 6) is 1.56. The zero-order valence-electron chi connectivity index (χ0n) is 9.95. The van der Waals surface area contributed by atoms with Crippen LogP contribution in [0.4, 0.5) is 11.5 Å². The second-order valence-corrected chi connectivity index (χ2v) is 4.81. The first-order valence-electron chi connectivity index (χ1n) is 6.24. The van der Waals surface area contributed by atoms with E-state index in [0.717, 1.165) is 11.5 Å². The molecule has 2 rings (SSSR count). The van der Waals surface area contributed by atoms with E-state index < -0.39 is 0 Å². The van der Waals surface area contributed by atoms with Crippen molar-refractivity contribution < 1.29 is 0 Å². The number of hydrogen-bond acceptors (Lipinski definition) is 3. The zero-order chi connectivity index (χ0) is 11.4. The van der Waals surface area contributed by atoms with E-state index in [1.807, 2.05) is 12.1 Å².